The number of carbonyl (C=O) groups excluding carboxylic acids is 3. The molecule has 160 valence electrons. The molecule has 0 aliphatic carbocycles. The number of rotatable bonds is 9. The zero-order valence-electron chi connectivity index (χ0n) is 16.0. The number of hydrogen-bond donors (Lipinski definition) is 4. The van der Waals surface area contributed by atoms with Gasteiger partial charge in [-0.25, -0.2) is 4.39 Å². The molecule has 0 spiro atoms. The first-order valence-corrected chi connectivity index (χ1v) is 9.16. The summed E-state index contributed by atoms with van der Waals surface area (Å²) in [6, 6.07) is 5.65. The molecule has 1 aromatic carbocycles. The number of carbonyl (C=O) groups is 3. The second-order valence-electron chi connectivity index (χ2n) is 6.68. The molecular formula is C19H25FN2O7. The van der Waals surface area contributed by atoms with Gasteiger partial charge in [0, 0.05) is 19.5 Å². The summed E-state index contributed by atoms with van der Waals surface area (Å²) < 4.78 is 22.8. The molecule has 10 heteroatoms. The van der Waals surface area contributed by atoms with Gasteiger partial charge in [0.1, 0.15) is 24.1 Å². The van der Waals surface area contributed by atoms with E-state index in [0.29, 0.717) is 5.56 Å². The number of ether oxygens (including phenoxy) is 2. The van der Waals surface area contributed by atoms with Gasteiger partial charge in [0.05, 0.1) is 26.1 Å². The minimum atomic E-state index is -1.29. The van der Waals surface area contributed by atoms with E-state index in [-0.39, 0.29) is 38.2 Å². The fourth-order valence-corrected chi connectivity index (χ4v) is 2.84. The molecule has 9 nitrogen and oxygen atoms in total. The molecule has 1 aromatic rings. The molecule has 1 aliphatic rings. The first-order valence-electron chi connectivity index (χ1n) is 9.16. The highest BCUT2D eigenvalue weighted by molar-refractivity contribution is 5.81. The average molecular weight is 412 g/mol. The lowest BCUT2D eigenvalue weighted by molar-refractivity contribution is -0.142. The summed E-state index contributed by atoms with van der Waals surface area (Å²) in [5.74, 6) is -1.73. The Morgan fingerprint density at radius 3 is 2.34 bits per heavy atom. The minimum absolute atomic E-state index is 0.0735. The van der Waals surface area contributed by atoms with E-state index in [1.807, 2.05) is 0 Å². The predicted octanol–water partition coefficient (Wildman–Crippen LogP) is -0.609. The van der Waals surface area contributed by atoms with Crippen LogP contribution < -0.4 is 10.6 Å². The van der Waals surface area contributed by atoms with Crippen molar-refractivity contribution in [3.63, 3.8) is 0 Å². The molecule has 1 heterocycles. The third kappa shape index (κ3) is 7.08. The summed E-state index contributed by atoms with van der Waals surface area (Å²) >= 11 is 0. The van der Waals surface area contributed by atoms with Gasteiger partial charge in [-0.15, -0.1) is 0 Å². The van der Waals surface area contributed by atoms with E-state index >= 15 is 0 Å². The molecule has 1 aliphatic heterocycles. The van der Waals surface area contributed by atoms with Gasteiger partial charge in [0.25, 0.3) is 0 Å². The highest BCUT2D eigenvalue weighted by Gasteiger charge is 2.43. The Morgan fingerprint density at radius 2 is 1.69 bits per heavy atom. The number of benzene rings is 1. The van der Waals surface area contributed by atoms with Crippen LogP contribution in [0.4, 0.5) is 4.39 Å². The Labute approximate surface area is 167 Å². The van der Waals surface area contributed by atoms with Crippen LogP contribution in [0.3, 0.4) is 0 Å². The van der Waals surface area contributed by atoms with Gasteiger partial charge >= 0.3 is 5.97 Å². The van der Waals surface area contributed by atoms with E-state index in [0.717, 1.165) is 0 Å². The van der Waals surface area contributed by atoms with Crippen molar-refractivity contribution < 1.29 is 38.5 Å². The summed E-state index contributed by atoms with van der Waals surface area (Å²) in [5, 5.41) is 25.3. The van der Waals surface area contributed by atoms with Crippen LogP contribution in [0.1, 0.15) is 24.8 Å². The molecule has 2 rings (SSSR count). The smallest absolute Gasteiger partial charge is 0.306 e. The average Bonchev–Trinajstić information content (AvgIpc) is 2.97. The summed E-state index contributed by atoms with van der Waals surface area (Å²) in [5.41, 5.74) is 0.709. The molecule has 0 bridgehead atoms. The maximum Gasteiger partial charge on any atom is 0.306 e. The lowest BCUT2D eigenvalue weighted by atomic mass is 10.1. The quantitative estimate of drug-likeness (QED) is 0.398. The Balaban J connectivity index is 1.74. The number of aliphatic hydroxyl groups is 2. The van der Waals surface area contributed by atoms with Crippen molar-refractivity contribution >= 4 is 17.8 Å². The van der Waals surface area contributed by atoms with Gasteiger partial charge in [0.2, 0.25) is 11.8 Å². The van der Waals surface area contributed by atoms with E-state index in [2.05, 4.69) is 15.4 Å². The maximum absolute atomic E-state index is 12.9. The van der Waals surface area contributed by atoms with Crippen molar-refractivity contribution in [2.24, 2.45) is 0 Å². The number of hydrogen-bond acceptors (Lipinski definition) is 7. The van der Waals surface area contributed by atoms with E-state index in [1.165, 1.54) is 19.2 Å². The fourth-order valence-electron chi connectivity index (χ4n) is 2.84. The standard InChI is InChI=1S/C19H25FN2O7/c1-28-17(25)7-6-15(23)22-10-14-19(27)18(26)13(29-14)8-16(24)21-9-11-2-4-12(20)5-3-11/h2-5,13-14,18-19,26-27H,6-10H2,1H3,(H,21,24)(H,22,23)/t13-,14-,18-,19+/m0/s1. The largest absolute Gasteiger partial charge is 0.469 e. The molecule has 0 aromatic heterocycles. The highest BCUT2D eigenvalue weighted by Crippen LogP contribution is 2.23. The fraction of sp³-hybridized carbons (Fsp3) is 0.526. The van der Waals surface area contributed by atoms with Crippen molar-refractivity contribution in [1.82, 2.24) is 10.6 Å². The second kappa shape index (κ2) is 10.8. The number of methoxy groups -OCH3 is 1. The van der Waals surface area contributed by atoms with Crippen LogP contribution in [-0.4, -0.2) is 66.1 Å². The summed E-state index contributed by atoms with van der Waals surface area (Å²) in [7, 11) is 1.22. The lowest BCUT2D eigenvalue weighted by Crippen LogP contribution is -2.40. The van der Waals surface area contributed by atoms with Crippen LogP contribution in [0.25, 0.3) is 0 Å². The number of nitrogens with one attached hydrogen (secondary N) is 2. The molecule has 4 atom stereocenters. The lowest BCUT2D eigenvalue weighted by Gasteiger charge is -2.15. The summed E-state index contributed by atoms with van der Waals surface area (Å²) in [6.45, 7) is 0.107. The molecule has 4 N–H and O–H groups in total. The van der Waals surface area contributed by atoms with Crippen LogP contribution in [0, 0.1) is 5.82 Å². The number of amides is 2. The van der Waals surface area contributed by atoms with Crippen molar-refractivity contribution in [3.8, 4) is 0 Å². The molecule has 29 heavy (non-hydrogen) atoms. The second-order valence-corrected chi connectivity index (χ2v) is 6.68. The monoisotopic (exact) mass is 412 g/mol. The number of aliphatic hydroxyl groups excluding tert-OH is 2. The molecule has 0 radical (unpaired) electrons. The van der Waals surface area contributed by atoms with Crippen LogP contribution in [0.2, 0.25) is 0 Å². The van der Waals surface area contributed by atoms with Crippen molar-refractivity contribution in [3.05, 3.63) is 35.6 Å². The van der Waals surface area contributed by atoms with Gasteiger partial charge < -0.3 is 30.3 Å². The Hall–Kier alpha value is -2.56. The minimum Gasteiger partial charge on any atom is -0.469 e. The van der Waals surface area contributed by atoms with E-state index in [4.69, 9.17) is 4.74 Å². The zero-order valence-corrected chi connectivity index (χ0v) is 16.0. The third-order valence-corrected chi connectivity index (χ3v) is 4.54. The highest BCUT2D eigenvalue weighted by atomic mass is 19.1. The molecular weight excluding hydrogens is 387 g/mol. The third-order valence-electron chi connectivity index (χ3n) is 4.54. The molecule has 0 saturated carbocycles. The van der Waals surface area contributed by atoms with Crippen LogP contribution >= 0.6 is 0 Å². The van der Waals surface area contributed by atoms with Crippen LogP contribution in [0.15, 0.2) is 24.3 Å². The first-order chi connectivity index (χ1) is 13.8. The number of esters is 1. The summed E-state index contributed by atoms with van der Waals surface area (Å²) in [6.07, 6.45) is -4.72. The Morgan fingerprint density at radius 1 is 1.03 bits per heavy atom. The first kappa shape index (κ1) is 22.7. The van der Waals surface area contributed by atoms with Gasteiger partial charge in [-0.1, -0.05) is 12.1 Å². The predicted molar refractivity (Wildman–Crippen MR) is 97.8 cm³/mol. The molecule has 1 saturated heterocycles. The Bertz CT molecular complexity index is 713. The van der Waals surface area contributed by atoms with E-state index < -0.39 is 42.2 Å². The van der Waals surface area contributed by atoms with Crippen molar-refractivity contribution in [1.29, 1.82) is 0 Å². The Kier molecular flexibility index (Phi) is 8.50. The van der Waals surface area contributed by atoms with Gasteiger partial charge in [-0.2, -0.15) is 0 Å². The number of halogens is 1. The molecule has 1 fully saturated rings. The zero-order chi connectivity index (χ0) is 21.4. The van der Waals surface area contributed by atoms with Crippen LogP contribution in [0.5, 0.6) is 0 Å². The van der Waals surface area contributed by atoms with Gasteiger partial charge in [0.15, 0.2) is 0 Å². The van der Waals surface area contributed by atoms with E-state index in [9.17, 15) is 29.0 Å². The van der Waals surface area contributed by atoms with Crippen LogP contribution in [-0.2, 0) is 30.4 Å². The topological polar surface area (TPSA) is 134 Å². The normalized spacial score (nSPS) is 23.4. The van der Waals surface area contributed by atoms with Gasteiger partial charge in [-0.05, 0) is 17.7 Å². The molecule has 0 unspecified atom stereocenters. The summed E-state index contributed by atoms with van der Waals surface area (Å²) in [4.78, 5) is 34.8. The van der Waals surface area contributed by atoms with Crippen molar-refractivity contribution in [2.45, 2.75) is 50.2 Å². The molecule has 2 amide bonds. The van der Waals surface area contributed by atoms with Gasteiger partial charge in [-0.3, -0.25) is 14.4 Å². The van der Waals surface area contributed by atoms with E-state index in [1.54, 1.807) is 12.1 Å². The maximum atomic E-state index is 12.9. The SMILES string of the molecule is COC(=O)CCC(=O)NC[C@@H]1O[C@@H](CC(=O)NCc2ccc(F)cc2)[C@H](O)[C@@H]1O. The van der Waals surface area contributed by atoms with Crippen molar-refractivity contribution in [2.75, 3.05) is 13.7 Å².